The predicted molar refractivity (Wildman–Crippen MR) is 114 cm³/mol. The monoisotopic (exact) mass is 459 g/mol. The van der Waals surface area contributed by atoms with Crippen LogP contribution in [-0.2, 0) is 28.1 Å². The second-order valence-electron chi connectivity index (χ2n) is 8.92. The molecule has 0 amide bonds. The smallest absolute Gasteiger partial charge is 0.136 e. The van der Waals surface area contributed by atoms with E-state index in [1.807, 2.05) is 32.9 Å². The largest absolute Gasteiger partial charge is 0.598 e. The topological polar surface area (TPSA) is 64.5 Å². The molecule has 27 heavy (non-hydrogen) atoms. The Kier molecular flexibility index (Phi) is 5.57. The maximum absolute atomic E-state index is 13.3. The summed E-state index contributed by atoms with van der Waals surface area (Å²) in [6.45, 7) is 3.32. The van der Waals surface area contributed by atoms with Crippen molar-refractivity contribution in [3.8, 4) is 0 Å². The van der Waals surface area contributed by atoms with Gasteiger partial charge in [0.1, 0.15) is 4.75 Å². The molecule has 2 aliphatic carbocycles. The van der Waals surface area contributed by atoms with Gasteiger partial charge in [0, 0.05) is 34.9 Å². The predicted octanol–water partition coefficient (Wildman–Crippen LogP) is 4.21. The first-order valence-corrected chi connectivity index (χ1v) is 11.5. The molecular weight excluding hydrogens is 426 g/mol. The highest BCUT2D eigenvalue weighted by atomic mass is 79.9. The van der Waals surface area contributed by atoms with Crippen LogP contribution < -0.4 is 4.72 Å². The van der Waals surface area contributed by atoms with E-state index in [2.05, 4.69) is 26.7 Å². The Morgan fingerprint density at radius 2 is 2.07 bits per heavy atom. The molecular formula is C21H32BrNO3S. The second-order valence-corrected chi connectivity index (χ2v) is 11.8. The molecule has 152 valence electrons. The fraction of sp³-hybridized carbons (Fsp3) is 0.714. The van der Waals surface area contributed by atoms with Gasteiger partial charge in [0.25, 0.3) is 0 Å². The zero-order valence-electron chi connectivity index (χ0n) is 18.6. The zero-order chi connectivity index (χ0) is 21.7. The van der Waals surface area contributed by atoms with Crippen molar-refractivity contribution in [2.24, 2.45) is 5.41 Å². The Balaban J connectivity index is 2.16. The van der Waals surface area contributed by atoms with Crippen LogP contribution >= 0.6 is 15.9 Å². The highest BCUT2D eigenvalue weighted by Crippen LogP contribution is 2.60. The summed E-state index contributed by atoms with van der Waals surface area (Å²) in [6.07, 6.45) is 4.19. The van der Waals surface area contributed by atoms with E-state index in [0.29, 0.717) is 0 Å². The second kappa shape index (κ2) is 7.96. The summed E-state index contributed by atoms with van der Waals surface area (Å²) < 4.78 is 38.7. The summed E-state index contributed by atoms with van der Waals surface area (Å²) in [4.78, 5) is 0. The van der Waals surface area contributed by atoms with Crippen molar-refractivity contribution in [3.63, 3.8) is 0 Å². The van der Waals surface area contributed by atoms with E-state index in [1.165, 1.54) is 0 Å². The molecule has 1 saturated carbocycles. The van der Waals surface area contributed by atoms with E-state index < -0.39 is 28.2 Å². The number of hydrogen-bond acceptors (Lipinski definition) is 4. The van der Waals surface area contributed by atoms with Crippen LogP contribution in [0.1, 0.15) is 66.7 Å². The van der Waals surface area contributed by atoms with Crippen molar-refractivity contribution in [3.05, 3.63) is 33.8 Å². The summed E-state index contributed by atoms with van der Waals surface area (Å²) >= 11 is 2.13. The minimum Gasteiger partial charge on any atom is -0.598 e. The molecule has 6 heteroatoms. The molecule has 2 atom stereocenters. The first kappa shape index (κ1) is 18.9. The summed E-state index contributed by atoms with van der Waals surface area (Å²) in [5.41, 5.74) is 0.814. The van der Waals surface area contributed by atoms with Gasteiger partial charge in [-0.25, -0.2) is 0 Å². The van der Waals surface area contributed by atoms with Crippen LogP contribution in [-0.4, -0.2) is 34.2 Å². The first-order chi connectivity index (χ1) is 13.3. The van der Waals surface area contributed by atoms with Gasteiger partial charge in [-0.1, -0.05) is 22.0 Å². The first-order valence-electron chi connectivity index (χ1n) is 10.6. The van der Waals surface area contributed by atoms with Crippen LogP contribution in [0.3, 0.4) is 0 Å². The fourth-order valence-corrected chi connectivity index (χ4v) is 6.18. The third-order valence-corrected chi connectivity index (χ3v) is 8.50. The molecule has 2 aliphatic rings. The molecule has 3 rings (SSSR count). The summed E-state index contributed by atoms with van der Waals surface area (Å²) in [5, 5.41) is 10.3. The zero-order valence-corrected chi connectivity index (χ0v) is 19.0. The summed E-state index contributed by atoms with van der Waals surface area (Å²) in [7, 11) is 1.73. The maximum Gasteiger partial charge on any atom is 0.136 e. The lowest BCUT2D eigenvalue weighted by atomic mass is 9.61. The standard InChI is InChI=1S/C21H32BrNO3S/c1-19(2,3)27(25)23-21(11-12-24)18-13-16(22)6-5-15(18)14-20(21)9-7-17(26-4)8-10-20/h5-6,13,17,23-24H,7-12,14H2,1-4H3/t17-,20-,21?,27?/i12D2. The van der Waals surface area contributed by atoms with Crippen LogP contribution in [0.25, 0.3) is 0 Å². The molecule has 0 saturated heterocycles. The minimum absolute atomic E-state index is 0.150. The maximum atomic E-state index is 13.3. The molecule has 0 radical (unpaired) electrons. The van der Waals surface area contributed by atoms with Gasteiger partial charge < -0.3 is 14.4 Å². The summed E-state index contributed by atoms with van der Waals surface area (Å²) in [5.74, 6) is 0. The van der Waals surface area contributed by atoms with E-state index in [0.717, 1.165) is 47.7 Å². The molecule has 0 aliphatic heterocycles. The highest BCUT2D eigenvalue weighted by Gasteiger charge is 2.60. The van der Waals surface area contributed by atoms with Crippen molar-refractivity contribution in [2.75, 3.05) is 13.7 Å². The van der Waals surface area contributed by atoms with Crippen LogP contribution in [0, 0.1) is 5.41 Å². The van der Waals surface area contributed by atoms with Crippen LogP contribution in [0.4, 0.5) is 0 Å². The number of ether oxygens (including phenoxy) is 1. The lowest BCUT2D eigenvalue weighted by Gasteiger charge is -2.50. The Labute approximate surface area is 177 Å². The fourth-order valence-electron chi connectivity index (χ4n) is 4.80. The molecule has 2 unspecified atom stereocenters. The van der Waals surface area contributed by atoms with Gasteiger partial charge in [-0.05, 0) is 82.6 Å². The Bertz CT molecular complexity index is 744. The van der Waals surface area contributed by atoms with Crippen LogP contribution in [0.15, 0.2) is 22.7 Å². The average Bonchev–Trinajstić information content (AvgIpc) is 2.83. The van der Waals surface area contributed by atoms with Gasteiger partial charge in [0.15, 0.2) is 0 Å². The van der Waals surface area contributed by atoms with Gasteiger partial charge in [-0.2, -0.15) is 0 Å². The molecule has 2 N–H and O–H groups in total. The van der Waals surface area contributed by atoms with Gasteiger partial charge in [0.05, 0.1) is 14.4 Å². The van der Waals surface area contributed by atoms with E-state index in [9.17, 15) is 9.66 Å². The Morgan fingerprint density at radius 3 is 2.63 bits per heavy atom. The molecule has 0 bridgehead atoms. The van der Waals surface area contributed by atoms with E-state index >= 15 is 0 Å². The molecule has 0 heterocycles. The lowest BCUT2D eigenvalue weighted by molar-refractivity contribution is -0.0165. The highest BCUT2D eigenvalue weighted by molar-refractivity contribution is 9.10. The number of rotatable bonds is 5. The number of hydrogen-bond donors (Lipinski definition) is 2. The van der Waals surface area contributed by atoms with Crippen molar-refractivity contribution in [2.45, 2.75) is 75.7 Å². The quantitative estimate of drug-likeness (QED) is 0.647. The number of nitrogens with one attached hydrogen (secondary N) is 1. The van der Waals surface area contributed by atoms with E-state index in [-0.39, 0.29) is 17.9 Å². The lowest BCUT2D eigenvalue weighted by Crippen LogP contribution is -2.60. The third-order valence-electron chi connectivity index (χ3n) is 6.36. The van der Waals surface area contributed by atoms with E-state index in [4.69, 9.17) is 7.48 Å². The number of benzene rings is 1. The number of aliphatic hydroxyl groups is 1. The SMILES string of the molecule is [2H]C([2H])(O)CC1(N[S+]([O-])C(C)(C)C)c2cc(Br)ccc2C[C@]12CC[C@@H](OC)CC2. The van der Waals surface area contributed by atoms with Crippen molar-refractivity contribution >= 4 is 27.3 Å². The van der Waals surface area contributed by atoms with Crippen LogP contribution in [0.2, 0.25) is 0 Å². The Morgan fingerprint density at radius 1 is 1.41 bits per heavy atom. The molecule has 1 fully saturated rings. The molecule has 1 spiro atoms. The third kappa shape index (κ3) is 3.86. The van der Waals surface area contributed by atoms with Crippen molar-refractivity contribution < 1.29 is 17.1 Å². The van der Waals surface area contributed by atoms with E-state index in [1.54, 1.807) is 7.11 Å². The molecule has 1 aromatic rings. The number of methoxy groups -OCH3 is 1. The van der Waals surface area contributed by atoms with Crippen molar-refractivity contribution in [1.29, 1.82) is 0 Å². The Hall–Kier alpha value is -0.110. The molecule has 1 aromatic carbocycles. The van der Waals surface area contributed by atoms with Crippen LogP contribution in [0.5, 0.6) is 0 Å². The normalized spacial score (nSPS) is 33.5. The van der Waals surface area contributed by atoms with Gasteiger partial charge >= 0.3 is 0 Å². The van der Waals surface area contributed by atoms with Gasteiger partial charge in [-0.15, -0.1) is 4.72 Å². The number of halogens is 1. The average molecular weight is 460 g/mol. The molecule has 0 aromatic heterocycles. The van der Waals surface area contributed by atoms with Gasteiger partial charge in [-0.3, -0.25) is 0 Å². The number of fused-ring (bicyclic) bond motifs is 1. The minimum atomic E-state index is -2.40. The van der Waals surface area contributed by atoms with Gasteiger partial charge in [0.2, 0.25) is 0 Å². The molecule has 4 nitrogen and oxygen atoms in total. The summed E-state index contributed by atoms with van der Waals surface area (Å²) in [6, 6.07) is 6.07. The van der Waals surface area contributed by atoms with Crippen molar-refractivity contribution in [1.82, 2.24) is 4.72 Å².